The van der Waals surface area contributed by atoms with Crippen molar-refractivity contribution in [1.82, 2.24) is 9.80 Å². The summed E-state index contributed by atoms with van der Waals surface area (Å²) in [6, 6.07) is -0.650. The number of hydrogen-bond acceptors (Lipinski definition) is 2. The summed E-state index contributed by atoms with van der Waals surface area (Å²) in [5.41, 5.74) is 0. The molecule has 0 spiro atoms. The third-order valence-corrected chi connectivity index (χ3v) is 3.91. The Morgan fingerprint density at radius 2 is 2.00 bits per heavy atom. The molecule has 0 radical (unpaired) electrons. The second-order valence-corrected chi connectivity index (χ2v) is 5.82. The van der Waals surface area contributed by atoms with Crippen molar-refractivity contribution in [2.24, 2.45) is 0 Å². The summed E-state index contributed by atoms with van der Waals surface area (Å²) >= 11 is 0. The van der Waals surface area contributed by atoms with E-state index in [1.54, 1.807) is 4.90 Å². The first-order valence-corrected chi connectivity index (χ1v) is 7.79. The SMILES string of the molecule is CCCCCN(C(=O)N1CCCCC1C(=O)O)C(C)C. The lowest BCUT2D eigenvalue weighted by atomic mass is 10.0. The smallest absolute Gasteiger partial charge is 0.326 e. The van der Waals surface area contributed by atoms with Crippen molar-refractivity contribution in [3.63, 3.8) is 0 Å². The molecule has 1 unspecified atom stereocenters. The Morgan fingerprint density at radius 3 is 2.55 bits per heavy atom. The van der Waals surface area contributed by atoms with E-state index in [0.29, 0.717) is 19.5 Å². The summed E-state index contributed by atoms with van der Waals surface area (Å²) < 4.78 is 0. The molecule has 5 nitrogen and oxygen atoms in total. The molecule has 0 bridgehead atoms. The normalized spacial score (nSPS) is 19.2. The summed E-state index contributed by atoms with van der Waals surface area (Å²) in [4.78, 5) is 27.3. The molecule has 1 saturated heterocycles. The van der Waals surface area contributed by atoms with Gasteiger partial charge < -0.3 is 14.9 Å². The Bertz CT molecular complexity index is 331. The summed E-state index contributed by atoms with van der Waals surface area (Å²) in [6.45, 7) is 7.39. The van der Waals surface area contributed by atoms with Crippen molar-refractivity contribution in [3.8, 4) is 0 Å². The predicted octanol–water partition coefficient (Wildman–Crippen LogP) is 2.95. The van der Waals surface area contributed by atoms with Gasteiger partial charge in [-0.05, 0) is 39.5 Å². The maximum atomic E-state index is 12.6. The number of nitrogens with zero attached hydrogens (tertiary/aromatic N) is 2. The van der Waals surface area contributed by atoms with E-state index >= 15 is 0 Å². The maximum absolute atomic E-state index is 12.6. The number of carbonyl (C=O) groups is 2. The molecule has 0 saturated carbocycles. The molecular formula is C15H28N2O3. The van der Waals surface area contributed by atoms with E-state index in [4.69, 9.17) is 0 Å². The van der Waals surface area contributed by atoms with Crippen LogP contribution in [0.1, 0.15) is 59.3 Å². The van der Waals surface area contributed by atoms with Gasteiger partial charge in [-0.3, -0.25) is 0 Å². The number of carboxylic acid groups (broad SMARTS) is 1. The van der Waals surface area contributed by atoms with E-state index in [1.165, 1.54) is 0 Å². The van der Waals surface area contributed by atoms with Crippen LogP contribution >= 0.6 is 0 Å². The van der Waals surface area contributed by atoms with E-state index in [2.05, 4.69) is 6.92 Å². The average molecular weight is 284 g/mol. The second-order valence-electron chi connectivity index (χ2n) is 5.82. The molecule has 116 valence electrons. The zero-order chi connectivity index (χ0) is 15.1. The molecule has 0 aliphatic carbocycles. The van der Waals surface area contributed by atoms with E-state index < -0.39 is 12.0 Å². The number of piperidine rings is 1. The van der Waals surface area contributed by atoms with Gasteiger partial charge in [0, 0.05) is 19.1 Å². The van der Waals surface area contributed by atoms with Gasteiger partial charge in [0.2, 0.25) is 0 Å². The van der Waals surface area contributed by atoms with Crippen LogP contribution in [-0.2, 0) is 4.79 Å². The molecule has 1 fully saturated rings. The second kappa shape index (κ2) is 8.12. The zero-order valence-electron chi connectivity index (χ0n) is 13.0. The van der Waals surface area contributed by atoms with Gasteiger partial charge in [-0.1, -0.05) is 19.8 Å². The Hall–Kier alpha value is -1.26. The highest BCUT2D eigenvalue weighted by Gasteiger charge is 2.34. The quantitative estimate of drug-likeness (QED) is 0.763. The number of hydrogen-bond donors (Lipinski definition) is 1. The minimum atomic E-state index is -0.879. The molecule has 0 aromatic heterocycles. The van der Waals surface area contributed by atoms with Crippen LogP contribution in [-0.4, -0.2) is 52.1 Å². The molecule has 1 aliphatic heterocycles. The number of carboxylic acids is 1. The first-order valence-electron chi connectivity index (χ1n) is 7.79. The highest BCUT2D eigenvalue weighted by Crippen LogP contribution is 2.20. The number of urea groups is 1. The molecule has 2 amide bonds. The van der Waals surface area contributed by atoms with Crippen LogP contribution in [0.3, 0.4) is 0 Å². The van der Waals surface area contributed by atoms with Gasteiger partial charge >= 0.3 is 12.0 Å². The molecule has 1 aliphatic rings. The fraction of sp³-hybridized carbons (Fsp3) is 0.867. The average Bonchev–Trinajstić information content (AvgIpc) is 2.42. The lowest BCUT2D eigenvalue weighted by Crippen LogP contribution is -2.54. The van der Waals surface area contributed by atoms with Crippen molar-refractivity contribution < 1.29 is 14.7 Å². The first-order chi connectivity index (χ1) is 9.49. The lowest BCUT2D eigenvalue weighted by Gasteiger charge is -2.38. The van der Waals surface area contributed by atoms with Crippen LogP contribution in [0.15, 0.2) is 0 Å². The van der Waals surface area contributed by atoms with Crippen LogP contribution < -0.4 is 0 Å². The molecule has 1 heterocycles. The standard InChI is InChI=1S/C15H28N2O3/c1-4-5-7-10-16(12(2)3)15(20)17-11-8-6-9-13(17)14(18)19/h12-13H,4-11H2,1-3H3,(H,18,19). The summed E-state index contributed by atoms with van der Waals surface area (Å²) in [6.07, 6.45) is 5.54. The van der Waals surface area contributed by atoms with Crippen molar-refractivity contribution in [2.75, 3.05) is 13.1 Å². The molecule has 1 rings (SSSR count). The number of unbranched alkanes of at least 4 members (excludes halogenated alkanes) is 2. The highest BCUT2D eigenvalue weighted by molar-refractivity contribution is 5.83. The van der Waals surface area contributed by atoms with Gasteiger partial charge in [0.05, 0.1) is 0 Å². The van der Waals surface area contributed by atoms with Crippen LogP contribution in [0, 0.1) is 0 Å². The van der Waals surface area contributed by atoms with Gasteiger partial charge in [0.15, 0.2) is 0 Å². The number of likely N-dealkylation sites (tertiary alicyclic amines) is 1. The van der Waals surface area contributed by atoms with Crippen molar-refractivity contribution in [1.29, 1.82) is 0 Å². The molecule has 20 heavy (non-hydrogen) atoms. The Labute approximate surface area is 121 Å². The van der Waals surface area contributed by atoms with E-state index in [0.717, 1.165) is 32.1 Å². The zero-order valence-corrected chi connectivity index (χ0v) is 13.0. The van der Waals surface area contributed by atoms with E-state index in [1.807, 2.05) is 18.7 Å². The third-order valence-electron chi connectivity index (χ3n) is 3.91. The molecular weight excluding hydrogens is 256 g/mol. The topological polar surface area (TPSA) is 60.9 Å². The lowest BCUT2D eigenvalue weighted by molar-refractivity contribution is -0.143. The minimum Gasteiger partial charge on any atom is -0.480 e. The summed E-state index contributed by atoms with van der Waals surface area (Å²) in [7, 11) is 0. The largest absolute Gasteiger partial charge is 0.480 e. The van der Waals surface area contributed by atoms with Gasteiger partial charge in [-0.25, -0.2) is 9.59 Å². The Kier molecular flexibility index (Phi) is 6.82. The number of aliphatic carboxylic acids is 1. The number of amides is 2. The van der Waals surface area contributed by atoms with Crippen LogP contribution in [0.2, 0.25) is 0 Å². The molecule has 1 N–H and O–H groups in total. The predicted molar refractivity (Wildman–Crippen MR) is 78.7 cm³/mol. The maximum Gasteiger partial charge on any atom is 0.326 e. The van der Waals surface area contributed by atoms with Gasteiger partial charge in [0.1, 0.15) is 6.04 Å². The Morgan fingerprint density at radius 1 is 1.30 bits per heavy atom. The number of rotatable bonds is 6. The van der Waals surface area contributed by atoms with Crippen LogP contribution in [0.25, 0.3) is 0 Å². The van der Waals surface area contributed by atoms with Gasteiger partial charge in [-0.2, -0.15) is 0 Å². The summed E-state index contributed by atoms with van der Waals surface area (Å²) in [5, 5.41) is 9.28. The van der Waals surface area contributed by atoms with Gasteiger partial charge in [-0.15, -0.1) is 0 Å². The van der Waals surface area contributed by atoms with Crippen molar-refractivity contribution >= 4 is 12.0 Å². The molecule has 1 atom stereocenters. The fourth-order valence-electron chi connectivity index (χ4n) is 2.69. The van der Waals surface area contributed by atoms with Crippen molar-refractivity contribution in [3.05, 3.63) is 0 Å². The third kappa shape index (κ3) is 4.39. The van der Waals surface area contributed by atoms with Crippen LogP contribution in [0.5, 0.6) is 0 Å². The number of carbonyl (C=O) groups excluding carboxylic acids is 1. The van der Waals surface area contributed by atoms with Gasteiger partial charge in [0.25, 0.3) is 0 Å². The fourth-order valence-corrected chi connectivity index (χ4v) is 2.69. The Balaban J connectivity index is 2.73. The highest BCUT2D eigenvalue weighted by atomic mass is 16.4. The van der Waals surface area contributed by atoms with Crippen LogP contribution in [0.4, 0.5) is 4.79 Å². The monoisotopic (exact) mass is 284 g/mol. The summed E-state index contributed by atoms with van der Waals surface area (Å²) in [5.74, 6) is -0.879. The molecule has 5 heteroatoms. The van der Waals surface area contributed by atoms with Crippen molar-refractivity contribution in [2.45, 2.75) is 71.4 Å². The first kappa shape index (κ1) is 16.8. The van der Waals surface area contributed by atoms with E-state index in [-0.39, 0.29) is 12.1 Å². The van der Waals surface area contributed by atoms with E-state index in [9.17, 15) is 14.7 Å². The molecule has 0 aromatic rings. The molecule has 0 aromatic carbocycles. The minimum absolute atomic E-state index is 0.107.